The van der Waals surface area contributed by atoms with E-state index in [4.69, 9.17) is 0 Å². The van der Waals surface area contributed by atoms with Crippen LogP contribution >= 0.6 is 0 Å². The lowest BCUT2D eigenvalue weighted by molar-refractivity contribution is -0.135. The van der Waals surface area contributed by atoms with E-state index in [0.717, 1.165) is 32.2 Å². The molecule has 0 aromatic rings. The normalized spacial score (nSPS) is 24.6. The van der Waals surface area contributed by atoms with Crippen molar-refractivity contribution in [1.82, 2.24) is 10.2 Å². The average Bonchev–Trinajstić information content (AvgIpc) is 2.47. The molecule has 4 heteroatoms. The van der Waals surface area contributed by atoms with Crippen molar-refractivity contribution in [3.63, 3.8) is 0 Å². The number of amides is 2. The Balaban J connectivity index is 2.84. The first-order chi connectivity index (χ1) is 9.03. The second kappa shape index (κ2) is 7.51. The van der Waals surface area contributed by atoms with Crippen LogP contribution in [-0.2, 0) is 9.59 Å². The van der Waals surface area contributed by atoms with Crippen LogP contribution in [0.25, 0.3) is 0 Å². The first-order valence-electron chi connectivity index (χ1n) is 7.63. The van der Waals surface area contributed by atoms with Gasteiger partial charge in [0.25, 0.3) is 0 Å². The molecule has 1 saturated heterocycles. The fraction of sp³-hybridized carbons (Fsp3) is 0.867. The molecule has 1 fully saturated rings. The minimum Gasteiger partial charge on any atom is -0.344 e. The summed E-state index contributed by atoms with van der Waals surface area (Å²) >= 11 is 0. The SMILES string of the molecule is CCCC1NC(=O)CC(C)N(CC(CC)CC)C1=O. The summed E-state index contributed by atoms with van der Waals surface area (Å²) < 4.78 is 0. The molecule has 0 aromatic carbocycles. The summed E-state index contributed by atoms with van der Waals surface area (Å²) in [7, 11) is 0. The molecule has 1 N–H and O–H groups in total. The summed E-state index contributed by atoms with van der Waals surface area (Å²) in [5.74, 6) is 0.639. The van der Waals surface area contributed by atoms with Gasteiger partial charge in [-0.15, -0.1) is 0 Å². The van der Waals surface area contributed by atoms with Gasteiger partial charge in [0.05, 0.1) is 0 Å². The Labute approximate surface area is 116 Å². The van der Waals surface area contributed by atoms with E-state index in [1.54, 1.807) is 0 Å². The van der Waals surface area contributed by atoms with Crippen molar-refractivity contribution in [2.24, 2.45) is 5.92 Å². The lowest BCUT2D eigenvalue weighted by Crippen LogP contribution is -2.47. The first-order valence-corrected chi connectivity index (χ1v) is 7.63. The maximum Gasteiger partial charge on any atom is 0.245 e. The summed E-state index contributed by atoms with van der Waals surface area (Å²) in [6.45, 7) is 9.12. The van der Waals surface area contributed by atoms with E-state index >= 15 is 0 Å². The lowest BCUT2D eigenvalue weighted by atomic mass is 10.0. The molecular formula is C15H28N2O2. The highest BCUT2D eigenvalue weighted by molar-refractivity contribution is 5.90. The molecule has 0 aromatic heterocycles. The minimum atomic E-state index is -0.322. The van der Waals surface area contributed by atoms with Crippen LogP contribution in [0, 0.1) is 5.92 Å². The van der Waals surface area contributed by atoms with Crippen molar-refractivity contribution in [2.45, 2.75) is 71.9 Å². The Morgan fingerprint density at radius 2 is 1.89 bits per heavy atom. The molecule has 110 valence electrons. The summed E-state index contributed by atoms with van der Waals surface area (Å²) in [5, 5.41) is 2.87. The minimum absolute atomic E-state index is 0.00588. The van der Waals surface area contributed by atoms with Gasteiger partial charge in [-0.25, -0.2) is 0 Å². The summed E-state index contributed by atoms with van der Waals surface area (Å²) in [6.07, 6.45) is 4.21. The quantitative estimate of drug-likeness (QED) is 0.803. The molecule has 19 heavy (non-hydrogen) atoms. The zero-order valence-electron chi connectivity index (χ0n) is 12.7. The molecule has 0 aliphatic carbocycles. The van der Waals surface area contributed by atoms with Gasteiger partial charge in [0, 0.05) is 19.0 Å². The summed E-state index contributed by atoms with van der Waals surface area (Å²) in [4.78, 5) is 26.3. The van der Waals surface area contributed by atoms with E-state index in [2.05, 4.69) is 19.2 Å². The van der Waals surface area contributed by atoms with Gasteiger partial charge >= 0.3 is 0 Å². The standard InChI is InChI=1S/C15H28N2O2/c1-5-8-13-15(19)17(10-12(6-2)7-3)11(4)9-14(18)16-13/h11-13H,5-10H2,1-4H3,(H,16,18). The van der Waals surface area contributed by atoms with Crippen LogP contribution in [0.5, 0.6) is 0 Å². The molecule has 0 saturated carbocycles. The van der Waals surface area contributed by atoms with Crippen LogP contribution in [0.3, 0.4) is 0 Å². The Morgan fingerprint density at radius 3 is 2.42 bits per heavy atom. The maximum atomic E-state index is 12.6. The van der Waals surface area contributed by atoms with Crippen molar-refractivity contribution in [3.8, 4) is 0 Å². The molecule has 1 aliphatic heterocycles. The van der Waals surface area contributed by atoms with Gasteiger partial charge in [-0.3, -0.25) is 9.59 Å². The lowest BCUT2D eigenvalue weighted by Gasteiger charge is -2.31. The Hall–Kier alpha value is -1.06. The van der Waals surface area contributed by atoms with Crippen LogP contribution in [-0.4, -0.2) is 35.3 Å². The maximum absolute atomic E-state index is 12.6. The Bertz CT molecular complexity index is 313. The zero-order chi connectivity index (χ0) is 14.4. The molecule has 0 spiro atoms. The molecule has 2 amide bonds. The zero-order valence-corrected chi connectivity index (χ0v) is 12.7. The van der Waals surface area contributed by atoms with Gasteiger partial charge in [-0.05, 0) is 19.3 Å². The van der Waals surface area contributed by atoms with Crippen LogP contribution in [0.1, 0.15) is 59.8 Å². The van der Waals surface area contributed by atoms with Crippen molar-refractivity contribution >= 4 is 11.8 Å². The molecule has 1 aliphatic rings. The number of carbonyl (C=O) groups is 2. The van der Waals surface area contributed by atoms with E-state index in [0.29, 0.717) is 12.3 Å². The van der Waals surface area contributed by atoms with Gasteiger partial charge < -0.3 is 10.2 Å². The van der Waals surface area contributed by atoms with Gasteiger partial charge in [-0.2, -0.15) is 0 Å². The number of carbonyl (C=O) groups excluding carboxylic acids is 2. The van der Waals surface area contributed by atoms with Gasteiger partial charge in [0.2, 0.25) is 11.8 Å². The third-order valence-corrected chi connectivity index (χ3v) is 4.12. The molecular weight excluding hydrogens is 240 g/mol. The molecule has 0 bridgehead atoms. The van der Waals surface area contributed by atoms with E-state index in [1.165, 1.54) is 0 Å². The molecule has 0 radical (unpaired) electrons. The van der Waals surface area contributed by atoms with Gasteiger partial charge in [0.15, 0.2) is 0 Å². The highest BCUT2D eigenvalue weighted by atomic mass is 16.2. The number of rotatable bonds is 6. The van der Waals surface area contributed by atoms with Gasteiger partial charge in [0.1, 0.15) is 6.04 Å². The second-order valence-electron chi connectivity index (χ2n) is 5.64. The molecule has 2 atom stereocenters. The van der Waals surface area contributed by atoms with E-state index in [9.17, 15) is 9.59 Å². The van der Waals surface area contributed by atoms with Crippen molar-refractivity contribution < 1.29 is 9.59 Å². The number of hydrogen-bond donors (Lipinski definition) is 1. The molecule has 1 heterocycles. The number of nitrogens with one attached hydrogen (secondary N) is 1. The van der Waals surface area contributed by atoms with Crippen LogP contribution in [0.15, 0.2) is 0 Å². The van der Waals surface area contributed by atoms with Crippen molar-refractivity contribution in [3.05, 3.63) is 0 Å². The molecule has 1 rings (SSSR count). The fourth-order valence-corrected chi connectivity index (χ4v) is 2.69. The Kier molecular flexibility index (Phi) is 6.32. The predicted octanol–water partition coefficient (Wildman–Crippen LogP) is 2.33. The van der Waals surface area contributed by atoms with Crippen LogP contribution in [0.2, 0.25) is 0 Å². The molecule has 2 unspecified atom stereocenters. The number of hydrogen-bond acceptors (Lipinski definition) is 2. The summed E-state index contributed by atoms with van der Waals surface area (Å²) in [5.41, 5.74) is 0. The van der Waals surface area contributed by atoms with Gasteiger partial charge in [-0.1, -0.05) is 40.0 Å². The Morgan fingerprint density at radius 1 is 1.26 bits per heavy atom. The smallest absolute Gasteiger partial charge is 0.245 e. The third-order valence-electron chi connectivity index (χ3n) is 4.12. The second-order valence-corrected chi connectivity index (χ2v) is 5.64. The van der Waals surface area contributed by atoms with Crippen LogP contribution < -0.4 is 5.32 Å². The fourth-order valence-electron chi connectivity index (χ4n) is 2.69. The van der Waals surface area contributed by atoms with Crippen molar-refractivity contribution in [2.75, 3.05) is 6.54 Å². The number of nitrogens with zero attached hydrogens (tertiary/aromatic N) is 1. The van der Waals surface area contributed by atoms with E-state index in [1.807, 2.05) is 18.7 Å². The largest absolute Gasteiger partial charge is 0.344 e. The van der Waals surface area contributed by atoms with Crippen molar-refractivity contribution in [1.29, 1.82) is 0 Å². The average molecular weight is 268 g/mol. The van der Waals surface area contributed by atoms with E-state index < -0.39 is 0 Å². The predicted molar refractivity (Wildman–Crippen MR) is 76.7 cm³/mol. The highest BCUT2D eigenvalue weighted by Crippen LogP contribution is 2.18. The monoisotopic (exact) mass is 268 g/mol. The molecule has 4 nitrogen and oxygen atoms in total. The first kappa shape index (κ1) is 16.0. The summed E-state index contributed by atoms with van der Waals surface area (Å²) in [6, 6.07) is -0.313. The van der Waals surface area contributed by atoms with Crippen LogP contribution in [0.4, 0.5) is 0 Å². The highest BCUT2D eigenvalue weighted by Gasteiger charge is 2.33. The topological polar surface area (TPSA) is 49.4 Å². The van der Waals surface area contributed by atoms with E-state index in [-0.39, 0.29) is 23.9 Å². The third kappa shape index (κ3) is 4.22.